The fraction of sp³-hybridized carbons (Fsp3) is 0.774. The molecule has 2 aliphatic rings. The number of allylic oxidation sites excluding steroid dienone is 4. The summed E-state index contributed by atoms with van der Waals surface area (Å²) in [5.41, 5.74) is 0. The number of Topliss-reactive ketones (excluding diaryl/α,β-unsaturated/α-hetero) is 3. The quantitative estimate of drug-likeness (QED) is 0.408. The van der Waals surface area contributed by atoms with Crippen molar-refractivity contribution in [2.24, 2.45) is 11.8 Å². The van der Waals surface area contributed by atoms with Gasteiger partial charge in [-0.3, -0.25) is 29.1 Å². The molecule has 0 aromatic rings. The van der Waals surface area contributed by atoms with Crippen molar-refractivity contribution in [1.29, 1.82) is 0 Å². The van der Waals surface area contributed by atoms with Crippen LogP contribution in [0.4, 0.5) is 0 Å². The molecule has 2 aliphatic heterocycles. The Bertz CT molecular complexity index is 847. The highest BCUT2D eigenvalue weighted by atomic mass is 16.5. The Balaban J connectivity index is 0.000000433. The second kappa shape index (κ2) is 18.6. The molecule has 40 heavy (non-hydrogen) atoms. The number of carbonyl (C=O) groups is 3. The van der Waals surface area contributed by atoms with Crippen molar-refractivity contribution in [2.45, 2.75) is 96.7 Å². The second-order valence-electron chi connectivity index (χ2n) is 11.5. The molecular weight excluding hydrogens is 510 g/mol. The van der Waals surface area contributed by atoms with Gasteiger partial charge in [0.2, 0.25) is 0 Å². The van der Waals surface area contributed by atoms with Gasteiger partial charge in [-0.1, -0.05) is 38.2 Å². The van der Waals surface area contributed by atoms with Crippen molar-refractivity contribution in [3.8, 4) is 0 Å². The Hall–Kier alpha value is -1.75. The summed E-state index contributed by atoms with van der Waals surface area (Å²) >= 11 is 0. The van der Waals surface area contributed by atoms with E-state index in [0.717, 1.165) is 25.8 Å². The minimum atomic E-state index is -0.747. The van der Waals surface area contributed by atoms with Crippen LogP contribution in [-0.4, -0.2) is 121 Å². The lowest BCUT2D eigenvalue weighted by Gasteiger charge is -2.36. The maximum absolute atomic E-state index is 12.8. The molecule has 0 spiro atoms. The zero-order chi connectivity index (χ0) is 30.4. The summed E-state index contributed by atoms with van der Waals surface area (Å²) < 4.78 is 5.26. The average Bonchev–Trinajstić information content (AvgIpc) is 2.90. The first-order valence-electron chi connectivity index (χ1n) is 14.7. The van der Waals surface area contributed by atoms with E-state index in [1.54, 1.807) is 11.9 Å². The number of carbonyl (C=O) groups excluding carboxylic acids is 3. The summed E-state index contributed by atoms with van der Waals surface area (Å²) in [4.78, 5) is 42.3. The fourth-order valence-electron chi connectivity index (χ4n) is 5.53. The molecule has 0 amide bonds. The van der Waals surface area contributed by atoms with Crippen LogP contribution in [0.3, 0.4) is 0 Å². The number of rotatable bonds is 9. The molecule has 2 N–H and O–H groups in total. The molecule has 0 aromatic heterocycles. The van der Waals surface area contributed by atoms with E-state index in [9.17, 15) is 24.6 Å². The standard InChI is InChI=1S/C18H32N2O4.C13H23NO2/c1-6-7-9-13(2)17(23)16-15(22)12-20(4)18(24-5)14(21)10-8-11-19(16)3;1-4-5-7-10(2)13(16)12-11(15)8-6-9-14(12)3/h6-7,13,16-18,23H,8-12H2,1-5H3;4-5,10,12-13,16H,6-9H2,1-3H3/b7-6+;5-4+/t13-,16-,17-,18-;10-,12-,13-/m11/s1. The summed E-state index contributed by atoms with van der Waals surface area (Å²) in [6.07, 6.45) is 10.1. The number of likely N-dealkylation sites (N-methyl/N-ethyl adjacent to an activating group) is 3. The molecule has 0 unspecified atom stereocenters. The lowest BCUT2D eigenvalue weighted by atomic mass is 9.88. The van der Waals surface area contributed by atoms with Crippen molar-refractivity contribution in [2.75, 3.05) is 47.9 Å². The predicted octanol–water partition coefficient (Wildman–Crippen LogP) is 2.70. The molecule has 0 bridgehead atoms. The normalized spacial score (nSPS) is 27.9. The van der Waals surface area contributed by atoms with E-state index in [2.05, 4.69) is 0 Å². The van der Waals surface area contributed by atoms with Gasteiger partial charge in [0.25, 0.3) is 0 Å². The lowest BCUT2D eigenvalue weighted by Crippen LogP contribution is -2.55. The van der Waals surface area contributed by atoms with E-state index in [1.807, 2.05) is 75.9 Å². The van der Waals surface area contributed by atoms with E-state index in [-0.39, 0.29) is 41.8 Å². The number of likely N-dealkylation sites (tertiary alicyclic amines) is 1. The van der Waals surface area contributed by atoms with Crippen molar-refractivity contribution in [1.82, 2.24) is 14.7 Å². The van der Waals surface area contributed by atoms with Crippen molar-refractivity contribution in [3.63, 3.8) is 0 Å². The van der Waals surface area contributed by atoms with Crippen LogP contribution in [0.25, 0.3) is 0 Å². The third-order valence-corrected chi connectivity index (χ3v) is 8.08. The minimum Gasteiger partial charge on any atom is -0.391 e. The number of hydrogen-bond donors (Lipinski definition) is 2. The van der Waals surface area contributed by atoms with E-state index in [0.29, 0.717) is 25.8 Å². The zero-order valence-electron chi connectivity index (χ0n) is 26.1. The van der Waals surface area contributed by atoms with Gasteiger partial charge in [0.15, 0.2) is 23.6 Å². The molecule has 9 heteroatoms. The van der Waals surface area contributed by atoms with Gasteiger partial charge in [0, 0.05) is 20.0 Å². The summed E-state index contributed by atoms with van der Waals surface area (Å²) in [7, 11) is 6.95. The molecule has 0 aliphatic carbocycles. The van der Waals surface area contributed by atoms with Gasteiger partial charge in [0.1, 0.15) is 0 Å². The molecule has 0 saturated carbocycles. The first-order valence-corrected chi connectivity index (χ1v) is 14.7. The van der Waals surface area contributed by atoms with Gasteiger partial charge in [-0.2, -0.15) is 0 Å². The molecule has 2 fully saturated rings. The third-order valence-electron chi connectivity index (χ3n) is 8.08. The summed E-state index contributed by atoms with van der Waals surface area (Å²) in [5.74, 6) is 0.197. The summed E-state index contributed by atoms with van der Waals surface area (Å²) in [6, 6.07) is -0.868. The minimum absolute atomic E-state index is 0.0124. The first-order chi connectivity index (χ1) is 18.9. The van der Waals surface area contributed by atoms with Gasteiger partial charge < -0.3 is 14.9 Å². The molecule has 9 nitrogen and oxygen atoms in total. The van der Waals surface area contributed by atoms with Crippen LogP contribution in [0.5, 0.6) is 0 Å². The average molecular weight is 566 g/mol. The van der Waals surface area contributed by atoms with Gasteiger partial charge >= 0.3 is 0 Å². The molecule has 0 radical (unpaired) electrons. The van der Waals surface area contributed by atoms with Gasteiger partial charge in [-0.15, -0.1) is 0 Å². The second-order valence-corrected chi connectivity index (χ2v) is 11.5. The molecular formula is C31H55N3O6. The fourth-order valence-corrected chi connectivity index (χ4v) is 5.53. The van der Waals surface area contributed by atoms with E-state index < -0.39 is 24.5 Å². The van der Waals surface area contributed by atoms with Crippen molar-refractivity contribution >= 4 is 17.3 Å². The van der Waals surface area contributed by atoms with Gasteiger partial charge in [-0.05, 0) is 85.6 Å². The molecule has 0 aromatic carbocycles. The Morgan fingerprint density at radius 3 is 1.60 bits per heavy atom. The van der Waals surface area contributed by atoms with E-state index in [4.69, 9.17) is 4.74 Å². The maximum Gasteiger partial charge on any atom is 0.176 e. The number of aliphatic hydroxyl groups is 2. The molecule has 2 heterocycles. The molecule has 2 saturated heterocycles. The van der Waals surface area contributed by atoms with Gasteiger partial charge in [-0.25, -0.2) is 0 Å². The van der Waals surface area contributed by atoms with Crippen LogP contribution >= 0.6 is 0 Å². The highest BCUT2D eigenvalue weighted by Gasteiger charge is 2.37. The Morgan fingerprint density at radius 2 is 1.20 bits per heavy atom. The first kappa shape index (κ1) is 36.3. The maximum atomic E-state index is 12.8. The predicted molar refractivity (Wildman–Crippen MR) is 159 cm³/mol. The zero-order valence-corrected chi connectivity index (χ0v) is 26.1. The van der Waals surface area contributed by atoms with Crippen LogP contribution in [-0.2, 0) is 19.1 Å². The number of piperidine rings is 1. The summed E-state index contributed by atoms with van der Waals surface area (Å²) in [6.45, 7) is 9.44. The molecule has 2 rings (SSSR count). The third kappa shape index (κ3) is 10.9. The van der Waals surface area contributed by atoms with Crippen molar-refractivity contribution < 1.29 is 29.3 Å². The van der Waals surface area contributed by atoms with Crippen LogP contribution in [0, 0.1) is 11.8 Å². The lowest BCUT2D eigenvalue weighted by molar-refractivity contribution is -0.145. The number of ether oxygens (including phenoxy) is 1. The van der Waals surface area contributed by atoms with Crippen molar-refractivity contribution in [3.05, 3.63) is 24.3 Å². The van der Waals surface area contributed by atoms with Crippen LogP contribution in [0.1, 0.15) is 66.2 Å². The molecule has 230 valence electrons. The van der Waals surface area contributed by atoms with Crippen LogP contribution in [0.2, 0.25) is 0 Å². The van der Waals surface area contributed by atoms with Crippen LogP contribution in [0.15, 0.2) is 24.3 Å². The van der Waals surface area contributed by atoms with E-state index in [1.165, 1.54) is 7.11 Å². The van der Waals surface area contributed by atoms with Gasteiger partial charge in [0.05, 0.1) is 30.8 Å². The SMILES string of the molecule is C/C=C/C[C@@H](C)[C@@H](O)[C@H]1C(=O)CCCN1C.C/C=C/C[C@@H](C)[C@@H](O)[C@H]1C(=O)CN(C)[C@H](OC)C(=O)CCCN1C. The molecule has 7 atom stereocenters. The summed E-state index contributed by atoms with van der Waals surface area (Å²) in [5, 5.41) is 21.0. The number of ketones is 3. The smallest absolute Gasteiger partial charge is 0.176 e. The topological polar surface area (TPSA) is 111 Å². The number of aliphatic hydroxyl groups excluding tert-OH is 2. The number of methoxy groups -OCH3 is 1. The number of hydrogen-bond acceptors (Lipinski definition) is 9. The monoisotopic (exact) mass is 565 g/mol. The Labute approximate surface area is 242 Å². The highest BCUT2D eigenvalue weighted by molar-refractivity contribution is 5.88. The number of nitrogens with zero attached hydrogens (tertiary/aromatic N) is 3. The Kier molecular flexibility index (Phi) is 16.9. The highest BCUT2D eigenvalue weighted by Crippen LogP contribution is 2.22. The van der Waals surface area contributed by atoms with E-state index >= 15 is 0 Å². The Morgan fingerprint density at radius 1 is 0.775 bits per heavy atom. The largest absolute Gasteiger partial charge is 0.391 e. The van der Waals surface area contributed by atoms with Crippen LogP contribution < -0.4 is 0 Å².